The Bertz CT molecular complexity index is 431. The maximum Gasteiger partial charge on any atom is 0.188 e. The molecular weight excluding hydrogens is 226 g/mol. The molecule has 4 heteroatoms. The van der Waals surface area contributed by atoms with E-state index in [0.29, 0.717) is 31.1 Å². The first-order valence-electron chi connectivity index (χ1n) is 6.49. The zero-order chi connectivity index (χ0) is 13.0. The Morgan fingerprint density at radius 2 is 2.33 bits per heavy atom. The second-order valence-corrected chi connectivity index (χ2v) is 4.73. The maximum absolute atomic E-state index is 5.85. The van der Waals surface area contributed by atoms with Gasteiger partial charge in [0.05, 0.1) is 13.2 Å². The number of rotatable bonds is 4. The molecule has 1 aromatic carbocycles. The number of nitrogens with one attached hydrogen (secondary N) is 1. The summed E-state index contributed by atoms with van der Waals surface area (Å²) in [6, 6.07) is 8.48. The number of guanidine groups is 1. The minimum atomic E-state index is 0.318. The van der Waals surface area contributed by atoms with Gasteiger partial charge in [-0.2, -0.15) is 0 Å². The standard InChI is InChI=1S/C14H21N3O/c1-3-10(2)17-14(15)16-8-11-9-18-13-7-5-4-6-12(11)13/h4-7,10-11H,3,8-9H2,1-2H3,(H3,15,16,17). The summed E-state index contributed by atoms with van der Waals surface area (Å²) in [6.45, 7) is 5.58. The molecule has 0 amide bonds. The van der Waals surface area contributed by atoms with Crippen LogP contribution in [0, 0.1) is 0 Å². The van der Waals surface area contributed by atoms with Crippen molar-refractivity contribution >= 4 is 5.96 Å². The molecule has 3 N–H and O–H groups in total. The van der Waals surface area contributed by atoms with Crippen molar-refractivity contribution in [2.24, 2.45) is 10.7 Å². The van der Waals surface area contributed by atoms with Gasteiger partial charge < -0.3 is 15.8 Å². The van der Waals surface area contributed by atoms with Crippen molar-refractivity contribution in [1.82, 2.24) is 5.32 Å². The fourth-order valence-corrected chi connectivity index (χ4v) is 1.99. The lowest BCUT2D eigenvalue weighted by molar-refractivity contribution is 0.333. The van der Waals surface area contributed by atoms with Crippen molar-refractivity contribution in [2.75, 3.05) is 13.2 Å². The summed E-state index contributed by atoms with van der Waals surface area (Å²) in [5.41, 5.74) is 7.08. The first kappa shape index (κ1) is 12.7. The van der Waals surface area contributed by atoms with Crippen molar-refractivity contribution < 1.29 is 4.74 Å². The number of ether oxygens (including phenoxy) is 1. The Hall–Kier alpha value is -1.71. The molecule has 0 bridgehead atoms. The third-order valence-electron chi connectivity index (χ3n) is 3.29. The van der Waals surface area contributed by atoms with E-state index < -0.39 is 0 Å². The normalized spacial score (nSPS) is 20.1. The van der Waals surface area contributed by atoms with Crippen LogP contribution >= 0.6 is 0 Å². The van der Waals surface area contributed by atoms with E-state index in [2.05, 4.69) is 30.2 Å². The lowest BCUT2D eigenvalue weighted by atomic mass is 10.0. The molecule has 18 heavy (non-hydrogen) atoms. The van der Waals surface area contributed by atoms with Crippen LogP contribution in [0.5, 0.6) is 5.75 Å². The van der Waals surface area contributed by atoms with Crippen LogP contribution in [0.15, 0.2) is 29.3 Å². The maximum atomic E-state index is 5.85. The molecule has 2 unspecified atom stereocenters. The predicted octanol–water partition coefficient (Wildman–Crippen LogP) is 1.87. The van der Waals surface area contributed by atoms with Gasteiger partial charge in [0, 0.05) is 17.5 Å². The zero-order valence-corrected chi connectivity index (χ0v) is 11.0. The van der Waals surface area contributed by atoms with Gasteiger partial charge in [0.15, 0.2) is 5.96 Å². The monoisotopic (exact) mass is 247 g/mol. The highest BCUT2D eigenvalue weighted by Crippen LogP contribution is 2.33. The quantitative estimate of drug-likeness (QED) is 0.630. The number of aliphatic imine (C=N–C) groups is 1. The Balaban J connectivity index is 1.94. The fraction of sp³-hybridized carbons (Fsp3) is 0.500. The lowest BCUT2D eigenvalue weighted by Crippen LogP contribution is -2.38. The van der Waals surface area contributed by atoms with Crippen LogP contribution in [-0.2, 0) is 0 Å². The minimum absolute atomic E-state index is 0.318. The topological polar surface area (TPSA) is 59.6 Å². The number of hydrogen-bond acceptors (Lipinski definition) is 2. The molecule has 0 radical (unpaired) electrons. The van der Waals surface area contributed by atoms with Crippen LogP contribution in [-0.4, -0.2) is 25.2 Å². The van der Waals surface area contributed by atoms with Crippen LogP contribution in [0.2, 0.25) is 0 Å². The first-order chi connectivity index (χ1) is 8.70. The molecule has 0 aromatic heterocycles. The molecule has 98 valence electrons. The summed E-state index contributed by atoms with van der Waals surface area (Å²) in [4.78, 5) is 4.40. The van der Waals surface area contributed by atoms with E-state index in [9.17, 15) is 0 Å². The second kappa shape index (κ2) is 5.76. The third kappa shape index (κ3) is 2.94. The summed E-state index contributed by atoms with van der Waals surface area (Å²) < 4.78 is 5.62. The highest BCUT2D eigenvalue weighted by atomic mass is 16.5. The van der Waals surface area contributed by atoms with Gasteiger partial charge in [0.2, 0.25) is 0 Å². The Morgan fingerprint density at radius 3 is 3.11 bits per heavy atom. The highest BCUT2D eigenvalue weighted by Gasteiger charge is 2.23. The first-order valence-corrected chi connectivity index (χ1v) is 6.49. The Morgan fingerprint density at radius 1 is 1.56 bits per heavy atom. The van der Waals surface area contributed by atoms with Gasteiger partial charge in [-0.3, -0.25) is 4.99 Å². The molecule has 1 aliphatic rings. The molecule has 0 saturated heterocycles. The van der Waals surface area contributed by atoms with E-state index in [0.717, 1.165) is 12.2 Å². The van der Waals surface area contributed by atoms with E-state index >= 15 is 0 Å². The zero-order valence-electron chi connectivity index (χ0n) is 11.0. The van der Waals surface area contributed by atoms with Gasteiger partial charge in [-0.15, -0.1) is 0 Å². The lowest BCUT2D eigenvalue weighted by Gasteiger charge is -2.12. The smallest absolute Gasteiger partial charge is 0.188 e. The molecule has 1 heterocycles. The number of nitrogens with zero attached hydrogens (tertiary/aromatic N) is 1. The average Bonchev–Trinajstić information content (AvgIpc) is 2.79. The van der Waals surface area contributed by atoms with Gasteiger partial charge >= 0.3 is 0 Å². The van der Waals surface area contributed by atoms with Crippen LogP contribution in [0.25, 0.3) is 0 Å². The van der Waals surface area contributed by atoms with E-state index in [1.807, 2.05) is 18.2 Å². The number of benzene rings is 1. The largest absolute Gasteiger partial charge is 0.493 e. The van der Waals surface area contributed by atoms with Crippen molar-refractivity contribution in [1.29, 1.82) is 0 Å². The number of hydrogen-bond donors (Lipinski definition) is 2. The van der Waals surface area contributed by atoms with Crippen molar-refractivity contribution in [2.45, 2.75) is 32.2 Å². The molecule has 1 aromatic rings. The second-order valence-electron chi connectivity index (χ2n) is 4.73. The molecule has 2 rings (SSSR count). The van der Waals surface area contributed by atoms with Crippen LogP contribution < -0.4 is 15.8 Å². The average molecular weight is 247 g/mol. The van der Waals surface area contributed by atoms with Crippen LogP contribution in [0.4, 0.5) is 0 Å². The molecule has 0 saturated carbocycles. The molecule has 4 nitrogen and oxygen atoms in total. The molecule has 2 atom stereocenters. The highest BCUT2D eigenvalue weighted by molar-refractivity contribution is 5.78. The van der Waals surface area contributed by atoms with Crippen molar-refractivity contribution in [3.63, 3.8) is 0 Å². The van der Waals surface area contributed by atoms with Crippen LogP contribution in [0.1, 0.15) is 31.7 Å². The molecule has 1 aliphatic heterocycles. The van der Waals surface area contributed by atoms with Gasteiger partial charge in [0.1, 0.15) is 5.75 Å². The van der Waals surface area contributed by atoms with Gasteiger partial charge in [0.25, 0.3) is 0 Å². The van der Waals surface area contributed by atoms with E-state index in [1.54, 1.807) is 0 Å². The van der Waals surface area contributed by atoms with Crippen LogP contribution in [0.3, 0.4) is 0 Å². The summed E-state index contributed by atoms with van der Waals surface area (Å²) in [7, 11) is 0. The van der Waals surface area contributed by atoms with Gasteiger partial charge in [-0.25, -0.2) is 0 Å². The Kier molecular flexibility index (Phi) is 4.07. The molecule has 0 fully saturated rings. The summed E-state index contributed by atoms with van der Waals surface area (Å²) in [6.07, 6.45) is 1.03. The van der Waals surface area contributed by atoms with E-state index in [4.69, 9.17) is 10.5 Å². The third-order valence-corrected chi connectivity index (χ3v) is 3.29. The molecule has 0 aliphatic carbocycles. The number of para-hydroxylation sites is 1. The van der Waals surface area contributed by atoms with Gasteiger partial charge in [-0.1, -0.05) is 25.1 Å². The molecule has 0 spiro atoms. The number of nitrogens with two attached hydrogens (primary N) is 1. The number of fused-ring (bicyclic) bond motifs is 1. The Labute approximate surface area is 108 Å². The van der Waals surface area contributed by atoms with Crippen molar-refractivity contribution in [3.05, 3.63) is 29.8 Å². The SMILES string of the molecule is CCC(C)NC(N)=NCC1COc2ccccc21. The molecular formula is C14H21N3O. The fourth-order valence-electron chi connectivity index (χ4n) is 1.99. The summed E-state index contributed by atoms with van der Waals surface area (Å²) in [5.74, 6) is 1.82. The summed E-state index contributed by atoms with van der Waals surface area (Å²) >= 11 is 0. The van der Waals surface area contributed by atoms with Gasteiger partial charge in [-0.05, 0) is 19.4 Å². The predicted molar refractivity (Wildman–Crippen MR) is 74.1 cm³/mol. The summed E-state index contributed by atoms with van der Waals surface area (Å²) in [5, 5.41) is 3.16. The minimum Gasteiger partial charge on any atom is -0.493 e. The van der Waals surface area contributed by atoms with Crippen molar-refractivity contribution in [3.8, 4) is 5.75 Å². The van der Waals surface area contributed by atoms with E-state index in [1.165, 1.54) is 5.56 Å². The van der Waals surface area contributed by atoms with E-state index in [-0.39, 0.29) is 0 Å².